The van der Waals surface area contributed by atoms with Gasteiger partial charge in [-0.05, 0) is 40.9 Å². The molecule has 0 N–H and O–H groups in total. The number of hydrogen-bond donors (Lipinski definition) is 0. The van der Waals surface area contributed by atoms with Crippen LogP contribution >= 0.6 is 27.5 Å². The van der Waals surface area contributed by atoms with E-state index in [9.17, 15) is 4.79 Å². The monoisotopic (exact) mass is 291 g/mol. The molecule has 1 aliphatic rings. The van der Waals surface area contributed by atoms with Gasteiger partial charge in [-0.1, -0.05) is 0 Å². The molecule has 1 aromatic rings. The highest BCUT2D eigenvalue weighted by atomic mass is 79.9. The second-order valence-electron chi connectivity index (χ2n) is 3.55. The molecule has 1 unspecified atom stereocenters. The molecule has 3 nitrogen and oxygen atoms in total. The number of nitrogens with zero attached hydrogens (tertiary/aromatic N) is 1. The third kappa shape index (κ3) is 2.21. The van der Waals surface area contributed by atoms with Crippen LogP contribution in [0.15, 0.2) is 21.2 Å². The zero-order valence-electron chi connectivity index (χ0n) is 8.08. The molecule has 2 rings (SSSR count). The number of likely N-dealkylation sites (tertiary alicyclic amines) is 1. The number of furan rings is 1. The Balaban J connectivity index is 2.13. The first kappa shape index (κ1) is 11.0. The maximum atomic E-state index is 12.0. The third-order valence-electron chi connectivity index (χ3n) is 2.60. The van der Waals surface area contributed by atoms with Gasteiger partial charge in [0.1, 0.15) is 0 Å². The molecule has 1 atom stereocenters. The van der Waals surface area contributed by atoms with Crippen molar-refractivity contribution in [3.63, 3.8) is 0 Å². The summed E-state index contributed by atoms with van der Waals surface area (Å²) in [5.74, 6) is 0.802. The van der Waals surface area contributed by atoms with Crippen LogP contribution in [0.4, 0.5) is 0 Å². The van der Waals surface area contributed by atoms with Gasteiger partial charge in [0.15, 0.2) is 10.4 Å². The van der Waals surface area contributed by atoms with E-state index in [2.05, 4.69) is 15.9 Å². The van der Waals surface area contributed by atoms with Crippen molar-refractivity contribution in [2.75, 3.05) is 12.4 Å². The average Bonchev–Trinajstić information content (AvgIpc) is 2.84. The predicted molar refractivity (Wildman–Crippen MR) is 61.2 cm³/mol. The predicted octanol–water partition coefficient (Wildman–Crippen LogP) is 2.89. The minimum Gasteiger partial charge on any atom is -0.444 e. The lowest BCUT2D eigenvalue weighted by molar-refractivity contribution is 0.0715. The molecule has 0 spiro atoms. The Hall–Kier alpha value is -0.480. The van der Waals surface area contributed by atoms with Gasteiger partial charge in [-0.25, -0.2) is 0 Å². The number of hydrogen-bond acceptors (Lipinski definition) is 2. The van der Waals surface area contributed by atoms with Gasteiger partial charge in [-0.15, -0.1) is 11.6 Å². The summed E-state index contributed by atoms with van der Waals surface area (Å²) in [6, 6.07) is 3.55. The van der Waals surface area contributed by atoms with Gasteiger partial charge in [0, 0.05) is 18.5 Å². The topological polar surface area (TPSA) is 33.5 Å². The van der Waals surface area contributed by atoms with Crippen molar-refractivity contribution >= 4 is 33.4 Å². The fraction of sp³-hybridized carbons (Fsp3) is 0.500. The van der Waals surface area contributed by atoms with Crippen LogP contribution in [-0.4, -0.2) is 29.3 Å². The Kier molecular flexibility index (Phi) is 3.36. The van der Waals surface area contributed by atoms with E-state index in [1.807, 2.05) is 0 Å². The van der Waals surface area contributed by atoms with Crippen molar-refractivity contribution in [3.8, 4) is 0 Å². The Morgan fingerprint density at radius 2 is 2.47 bits per heavy atom. The molecule has 1 fully saturated rings. The molecule has 1 aliphatic heterocycles. The summed E-state index contributed by atoms with van der Waals surface area (Å²) < 4.78 is 5.81. The maximum absolute atomic E-state index is 12.0. The lowest BCUT2D eigenvalue weighted by Gasteiger charge is -2.21. The van der Waals surface area contributed by atoms with Crippen molar-refractivity contribution in [1.29, 1.82) is 0 Å². The highest BCUT2D eigenvalue weighted by molar-refractivity contribution is 9.10. The number of carbonyl (C=O) groups is 1. The van der Waals surface area contributed by atoms with Crippen molar-refractivity contribution in [3.05, 3.63) is 22.6 Å². The van der Waals surface area contributed by atoms with Crippen molar-refractivity contribution in [2.24, 2.45) is 0 Å². The number of halogens is 2. The molecule has 2 heterocycles. The lowest BCUT2D eigenvalue weighted by Crippen LogP contribution is -2.36. The first-order chi connectivity index (χ1) is 7.22. The summed E-state index contributed by atoms with van der Waals surface area (Å²) in [6.07, 6.45) is 2.00. The number of amides is 1. The highest BCUT2D eigenvalue weighted by Gasteiger charge is 2.30. The zero-order chi connectivity index (χ0) is 10.8. The van der Waals surface area contributed by atoms with Gasteiger partial charge in [0.05, 0.1) is 0 Å². The molecule has 0 aliphatic carbocycles. The van der Waals surface area contributed by atoms with E-state index in [1.54, 1.807) is 17.0 Å². The SMILES string of the molecule is O=C(c1ccc(Br)o1)N1CCCC1CCl. The van der Waals surface area contributed by atoms with E-state index < -0.39 is 0 Å². The molecule has 1 saturated heterocycles. The summed E-state index contributed by atoms with van der Waals surface area (Å²) >= 11 is 8.98. The lowest BCUT2D eigenvalue weighted by atomic mass is 10.2. The Morgan fingerprint density at radius 1 is 1.67 bits per heavy atom. The summed E-state index contributed by atoms with van der Waals surface area (Å²) in [4.78, 5) is 13.8. The van der Waals surface area contributed by atoms with Gasteiger partial charge < -0.3 is 9.32 Å². The molecule has 15 heavy (non-hydrogen) atoms. The van der Waals surface area contributed by atoms with E-state index in [0.717, 1.165) is 19.4 Å². The Bertz CT molecular complexity index is 366. The van der Waals surface area contributed by atoms with Crippen LogP contribution in [0.2, 0.25) is 0 Å². The van der Waals surface area contributed by atoms with Gasteiger partial charge in [0.2, 0.25) is 0 Å². The van der Waals surface area contributed by atoms with Gasteiger partial charge in [0.25, 0.3) is 5.91 Å². The Labute approximate surface area is 102 Å². The quantitative estimate of drug-likeness (QED) is 0.785. The van der Waals surface area contributed by atoms with Gasteiger partial charge >= 0.3 is 0 Å². The highest BCUT2D eigenvalue weighted by Crippen LogP contribution is 2.23. The summed E-state index contributed by atoms with van der Waals surface area (Å²) in [5, 5.41) is 0. The number of alkyl halides is 1. The third-order valence-corrected chi connectivity index (χ3v) is 3.38. The molecule has 1 amide bonds. The normalized spacial score (nSPS) is 20.9. The average molecular weight is 293 g/mol. The van der Waals surface area contributed by atoms with Crippen LogP contribution in [0, 0.1) is 0 Å². The largest absolute Gasteiger partial charge is 0.444 e. The van der Waals surface area contributed by atoms with Crippen LogP contribution in [0.1, 0.15) is 23.4 Å². The van der Waals surface area contributed by atoms with E-state index in [0.29, 0.717) is 16.3 Å². The van der Waals surface area contributed by atoms with Gasteiger partial charge in [-0.2, -0.15) is 0 Å². The number of carbonyl (C=O) groups excluding carboxylic acids is 1. The van der Waals surface area contributed by atoms with Crippen LogP contribution in [0.3, 0.4) is 0 Å². The maximum Gasteiger partial charge on any atom is 0.289 e. The Morgan fingerprint density at radius 3 is 3.07 bits per heavy atom. The van der Waals surface area contributed by atoms with Gasteiger partial charge in [-0.3, -0.25) is 4.79 Å². The van der Waals surface area contributed by atoms with Crippen molar-refractivity contribution in [2.45, 2.75) is 18.9 Å². The minimum absolute atomic E-state index is 0.0659. The summed E-state index contributed by atoms with van der Waals surface area (Å²) in [6.45, 7) is 0.772. The zero-order valence-corrected chi connectivity index (χ0v) is 10.4. The molecule has 0 bridgehead atoms. The molecule has 5 heteroatoms. The second kappa shape index (κ2) is 4.58. The minimum atomic E-state index is -0.0659. The first-order valence-electron chi connectivity index (χ1n) is 4.84. The second-order valence-corrected chi connectivity index (χ2v) is 4.64. The smallest absolute Gasteiger partial charge is 0.289 e. The fourth-order valence-corrected chi connectivity index (χ4v) is 2.46. The van der Waals surface area contributed by atoms with Crippen LogP contribution in [0.25, 0.3) is 0 Å². The first-order valence-corrected chi connectivity index (χ1v) is 6.17. The summed E-state index contributed by atoms with van der Waals surface area (Å²) in [5.41, 5.74) is 0. The molecular weight excluding hydrogens is 281 g/mol. The molecular formula is C10H11BrClNO2. The van der Waals surface area contributed by atoms with E-state index >= 15 is 0 Å². The standard InChI is InChI=1S/C10H11BrClNO2/c11-9-4-3-8(15-9)10(14)13-5-1-2-7(13)6-12/h3-4,7H,1-2,5-6H2. The van der Waals surface area contributed by atoms with Crippen LogP contribution in [-0.2, 0) is 0 Å². The number of rotatable bonds is 2. The van der Waals surface area contributed by atoms with E-state index in [4.69, 9.17) is 16.0 Å². The molecule has 1 aromatic heterocycles. The van der Waals surface area contributed by atoms with Crippen molar-refractivity contribution < 1.29 is 9.21 Å². The van der Waals surface area contributed by atoms with Crippen molar-refractivity contribution in [1.82, 2.24) is 4.90 Å². The summed E-state index contributed by atoms with van der Waals surface area (Å²) in [7, 11) is 0. The van der Waals surface area contributed by atoms with E-state index in [-0.39, 0.29) is 11.9 Å². The molecule has 82 valence electrons. The van der Waals surface area contributed by atoms with Crippen LogP contribution < -0.4 is 0 Å². The molecule has 0 saturated carbocycles. The van der Waals surface area contributed by atoms with E-state index in [1.165, 1.54) is 0 Å². The molecule has 0 aromatic carbocycles. The van der Waals surface area contributed by atoms with Crippen LogP contribution in [0.5, 0.6) is 0 Å². The molecule has 0 radical (unpaired) electrons. The fourth-order valence-electron chi connectivity index (χ4n) is 1.83.